The fourth-order valence-electron chi connectivity index (χ4n) is 4.38. The largest absolute Gasteiger partial charge is 0.355 e. The summed E-state index contributed by atoms with van der Waals surface area (Å²) in [6.07, 6.45) is 3.39. The van der Waals surface area contributed by atoms with Gasteiger partial charge in [0.05, 0.1) is 11.2 Å². The van der Waals surface area contributed by atoms with Crippen molar-refractivity contribution in [1.29, 1.82) is 0 Å². The highest BCUT2D eigenvalue weighted by atomic mass is 19.1. The van der Waals surface area contributed by atoms with Gasteiger partial charge in [0.2, 0.25) is 6.35 Å². The molecule has 166 valence electrons. The Bertz CT molecular complexity index is 1360. The van der Waals surface area contributed by atoms with Crippen LogP contribution in [-0.4, -0.2) is 45.0 Å². The van der Waals surface area contributed by atoms with Crippen LogP contribution in [0.1, 0.15) is 12.0 Å². The van der Waals surface area contributed by atoms with Gasteiger partial charge >= 0.3 is 0 Å². The zero-order chi connectivity index (χ0) is 22.6. The molecule has 0 saturated carbocycles. The quantitative estimate of drug-likeness (QED) is 0.502. The summed E-state index contributed by atoms with van der Waals surface area (Å²) in [5.74, 6) is -0.272. The minimum absolute atomic E-state index is 0.357. The van der Waals surface area contributed by atoms with Crippen molar-refractivity contribution in [3.63, 3.8) is 0 Å². The van der Waals surface area contributed by atoms with Gasteiger partial charge in [-0.1, -0.05) is 0 Å². The van der Waals surface area contributed by atoms with Gasteiger partial charge in [-0.3, -0.25) is 9.91 Å². The molecule has 1 aliphatic rings. The van der Waals surface area contributed by atoms with Crippen LogP contribution >= 0.6 is 0 Å². The van der Waals surface area contributed by atoms with Crippen LogP contribution in [-0.2, 0) is 13.6 Å². The second kappa shape index (κ2) is 7.61. The van der Waals surface area contributed by atoms with E-state index in [9.17, 15) is 13.9 Å². The molecule has 1 unspecified atom stereocenters. The number of hydrogen-bond donors (Lipinski definition) is 2. The first kappa shape index (κ1) is 20.5. The fraction of sp³-hybridized carbons (Fsp3) is 0.261. The lowest BCUT2D eigenvalue weighted by Crippen LogP contribution is -2.41. The number of anilines is 1. The van der Waals surface area contributed by atoms with E-state index in [1.807, 2.05) is 28.6 Å². The maximum absolute atomic E-state index is 14.2. The van der Waals surface area contributed by atoms with E-state index in [2.05, 4.69) is 5.10 Å². The number of amidine groups is 1. The van der Waals surface area contributed by atoms with E-state index < -0.39 is 6.35 Å². The van der Waals surface area contributed by atoms with Gasteiger partial charge in [0.25, 0.3) is 0 Å². The highest BCUT2D eigenvalue weighted by molar-refractivity contribution is 6.20. The number of benzene rings is 2. The first-order valence-electron chi connectivity index (χ1n) is 10.4. The zero-order valence-corrected chi connectivity index (χ0v) is 17.8. The molecule has 7 nitrogen and oxygen atoms in total. The monoisotopic (exact) mass is 438 g/mol. The van der Waals surface area contributed by atoms with Crippen molar-refractivity contribution >= 4 is 33.3 Å². The molecule has 9 heteroatoms. The Morgan fingerprint density at radius 2 is 1.69 bits per heavy atom. The third-order valence-corrected chi connectivity index (χ3v) is 5.92. The van der Waals surface area contributed by atoms with E-state index >= 15 is 0 Å². The molecule has 0 bridgehead atoms. The number of halogens is 2. The predicted octanol–water partition coefficient (Wildman–Crippen LogP) is 3.15. The molecule has 0 aliphatic carbocycles. The van der Waals surface area contributed by atoms with E-state index in [0.29, 0.717) is 40.9 Å². The molecule has 1 atom stereocenters. The summed E-state index contributed by atoms with van der Waals surface area (Å²) in [5.41, 5.74) is 8.65. The lowest BCUT2D eigenvalue weighted by atomic mass is 10.1. The second-order valence-electron chi connectivity index (χ2n) is 8.04. The first-order chi connectivity index (χ1) is 15.4. The van der Waals surface area contributed by atoms with Crippen LogP contribution in [0.15, 0.2) is 53.9 Å². The number of fused-ring (bicyclic) bond motifs is 2. The summed E-state index contributed by atoms with van der Waals surface area (Å²) in [7, 11) is 3.53. The topological polar surface area (TPSA) is 75.0 Å². The molecular weight excluding hydrogens is 414 g/mol. The summed E-state index contributed by atoms with van der Waals surface area (Å²) in [5, 5.41) is 18.3. The Kier molecular flexibility index (Phi) is 4.87. The minimum atomic E-state index is -1.11. The van der Waals surface area contributed by atoms with E-state index in [1.165, 1.54) is 29.3 Å². The number of rotatable bonds is 5. The van der Waals surface area contributed by atoms with Crippen LogP contribution in [0.4, 0.5) is 14.5 Å². The van der Waals surface area contributed by atoms with E-state index in [1.54, 1.807) is 24.1 Å². The second-order valence-corrected chi connectivity index (χ2v) is 8.04. The van der Waals surface area contributed by atoms with Crippen molar-refractivity contribution in [3.8, 4) is 0 Å². The van der Waals surface area contributed by atoms with Crippen LogP contribution in [0, 0.1) is 11.6 Å². The Labute approximate surface area is 183 Å². The molecule has 0 amide bonds. The number of aliphatic hydroxyl groups is 1. The molecule has 3 N–H and O–H groups in total. The lowest BCUT2D eigenvalue weighted by molar-refractivity contribution is 0.0468. The van der Waals surface area contributed by atoms with Gasteiger partial charge < -0.3 is 20.0 Å². The molecular formula is C23H24F2N6O. The summed E-state index contributed by atoms with van der Waals surface area (Å²) in [6, 6.07) is 9.17. The number of aliphatic hydroxyl groups excluding tert-OH is 1. The van der Waals surface area contributed by atoms with Crippen molar-refractivity contribution in [3.05, 3.63) is 66.0 Å². The molecule has 0 radical (unpaired) electrons. The van der Waals surface area contributed by atoms with Gasteiger partial charge in [-0.25, -0.2) is 8.78 Å². The number of nitrogens with zero attached hydrogens (tertiary/aromatic N) is 5. The van der Waals surface area contributed by atoms with Crippen LogP contribution in [0.3, 0.4) is 0 Å². The molecule has 0 saturated heterocycles. The molecule has 4 aromatic rings. The van der Waals surface area contributed by atoms with E-state index in [0.717, 1.165) is 17.5 Å². The average molecular weight is 438 g/mol. The minimum Gasteiger partial charge on any atom is -0.355 e. The number of hydrazone groups is 1. The molecule has 0 fully saturated rings. The zero-order valence-electron chi connectivity index (χ0n) is 17.8. The van der Waals surface area contributed by atoms with Crippen molar-refractivity contribution < 1.29 is 13.9 Å². The Balaban J connectivity index is 1.71. The number of nitrogens with two attached hydrogens (primary N) is 1. The maximum Gasteiger partial charge on any atom is 0.228 e. The smallest absolute Gasteiger partial charge is 0.228 e. The van der Waals surface area contributed by atoms with Crippen molar-refractivity contribution in [2.75, 3.05) is 18.5 Å². The first-order valence-corrected chi connectivity index (χ1v) is 10.4. The highest BCUT2D eigenvalue weighted by Crippen LogP contribution is 2.36. The lowest BCUT2D eigenvalue weighted by Gasteiger charge is -2.25. The SMILES string of the molecule is CN1N=C(c2cn(C)c3ccc(F)cc23)N(c2cn(CCCN)c3ccc(F)cc23)C1O. The van der Waals surface area contributed by atoms with Crippen molar-refractivity contribution in [2.24, 2.45) is 17.9 Å². The fourth-order valence-corrected chi connectivity index (χ4v) is 4.38. The van der Waals surface area contributed by atoms with E-state index in [4.69, 9.17) is 5.73 Å². The standard InChI is InChI=1S/C23H24F2N6O/c1-28-12-18(16-10-14(24)4-6-19(16)28)22-27-29(2)23(32)31(22)21-13-30(9-3-8-26)20-7-5-15(25)11-17(20)21/h4-7,10-13,23,32H,3,8-9,26H2,1-2H3. The molecule has 2 aromatic heterocycles. The van der Waals surface area contributed by atoms with Crippen LogP contribution in [0.25, 0.3) is 21.8 Å². The van der Waals surface area contributed by atoms with Crippen molar-refractivity contribution in [2.45, 2.75) is 19.3 Å². The van der Waals surface area contributed by atoms with Gasteiger partial charge in [-0.2, -0.15) is 5.10 Å². The maximum atomic E-state index is 14.2. The van der Waals surface area contributed by atoms with Crippen LogP contribution in [0.2, 0.25) is 0 Å². The number of aryl methyl sites for hydroxylation is 2. The Morgan fingerprint density at radius 3 is 2.41 bits per heavy atom. The Hall–Kier alpha value is -3.43. The van der Waals surface area contributed by atoms with Gasteiger partial charge in [-0.15, -0.1) is 0 Å². The van der Waals surface area contributed by atoms with Crippen LogP contribution < -0.4 is 10.6 Å². The predicted molar refractivity (Wildman–Crippen MR) is 121 cm³/mol. The van der Waals surface area contributed by atoms with Crippen molar-refractivity contribution in [1.82, 2.24) is 14.1 Å². The highest BCUT2D eigenvalue weighted by Gasteiger charge is 2.36. The van der Waals surface area contributed by atoms with Gasteiger partial charge in [0.1, 0.15) is 11.6 Å². The summed E-state index contributed by atoms with van der Waals surface area (Å²) >= 11 is 0. The normalized spacial score (nSPS) is 16.6. The summed E-state index contributed by atoms with van der Waals surface area (Å²) < 4.78 is 32.2. The molecule has 1 aliphatic heterocycles. The molecule has 5 rings (SSSR count). The van der Waals surface area contributed by atoms with Crippen LogP contribution in [0.5, 0.6) is 0 Å². The third-order valence-electron chi connectivity index (χ3n) is 5.92. The van der Waals surface area contributed by atoms with Gasteiger partial charge in [0, 0.05) is 54.9 Å². The third kappa shape index (κ3) is 3.12. The van der Waals surface area contributed by atoms with Gasteiger partial charge in [-0.05, 0) is 49.4 Å². The average Bonchev–Trinajstić information content (AvgIpc) is 3.38. The Morgan fingerprint density at radius 1 is 1.00 bits per heavy atom. The van der Waals surface area contributed by atoms with E-state index in [-0.39, 0.29) is 11.6 Å². The van der Waals surface area contributed by atoms with Gasteiger partial charge in [0.15, 0.2) is 5.84 Å². The molecule has 2 aromatic carbocycles. The summed E-state index contributed by atoms with van der Waals surface area (Å²) in [4.78, 5) is 1.65. The number of aromatic nitrogens is 2. The summed E-state index contributed by atoms with van der Waals surface area (Å²) in [6.45, 7) is 1.18. The number of hydrogen-bond acceptors (Lipinski definition) is 5. The molecule has 3 heterocycles. The molecule has 32 heavy (non-hydrogen) atoms. The molecule has 0 spiro atoms.